The van der Waals surface area contributed by atoms with Gasteiger partial charge in [-0.2, -0.15) is 0 Å². The average molecular weight is 310 g/mol. The Balaban J connectivity index is 1.98. The predicted molar refractivity (Wildman–Crippen MR) is 91.2 cm³/mol. The van der Waals surface area contributed by atoms with Gasteiger partial charge in [0.2, 0.25) is 0 Å². The molecule has 0 atom stereocenters. The number of amides is 1. The highest BCUT2D eigenvalue weighted by molar-refractivity contribution is 5.93. The van der Waals surface area contributed by atoms with E-state index in [0.717, 1.165) is 18.8 Å². The fourth-order valence-electron chi connectivity index (χ4n) is 3.05. The fourth-order valence-corrected chi connectivity index (χ4v) is 3.05. The normalized spacial score (nSPS) is 13.1. The third kappa shape index (κ3) is 2.91. The summed E-state index contributed by atoms with van der Waals surface area (Å²) in [5.41, 5.74) is 2.97. The summed E-state index contributed by atoms with van der Waals surface area (Å²) in [6, 6.07) is 10.2. The molecule has 0 bridgehead atoms. The molecule has 1 amide bonds. The molecular formula is C18H22N4O. The lowest BCUT2D eigenvalue weighted by atomic mass is 10.2. The molecule has 2 aromatic rings. The summed E-state index contributed by atoms with van der Waals surface area (Å²) in [7, 11) is 0. The van der Waals surface area contributed by atoms with Gasteiger partial charge >= 0.3 is 0 Å². The van der Waals surface area contributed by atoms with E-state index in [4.69, 9.17) is 0 Å². The molecule has 5 nitrogen and oxygen atoms in total. The third-order valence-electron chi connectivity index (χ3n) is 4.26. The van der Waals surface area contributed by atoms with E-state index < -0.39 is 0 Å². The number of hydrogen-bond donors (Lipinski definition) is 0. The van der Waals surface area contributed by atoms with E-state index in [1.54, 1.807) is 4.90 Å². The largest absolute Gasteiger partial charge is 0.338 e. The molecule has 3 rings (SSSR count). The Hall–Kier alpha value is -2.43. The first kappa shape index (κ1) is 15.5. The Morgan fingerprint density at radius 2 is 1.96 bits per heavy atom. The molecule has 0 saturated carbocycles. The summed E-state index contributed by atoms with van der Waals surface area (Å²) in [4.78, 5) is 25.4. The van der Waals surface area contributed by atoms with Crippen molar-refractivity contribution in [2.75, 3.05) is 24.5 Å². The van der Waals surface area contributed by atoms with Crippen LogP contribution in [0.2, 0.25) is 0 Å². The second-order valence-corrected chi connectivity index (χ2v) is 5.67. The van der Waals surface area contributed by atoms with Crippen molar-refractivity contribution < 1.29 is 4.79 Å². The molecule has 120 valence electrons. The minimum atomic E-state index is -0.0331. The van der Waals surface area contributed by atoms with E-state index in [-0.39, 0.29) is 5.91 Å². The molecule has 0 spiro atoms. The fraction of sp³-hybridized carbons (Fsp3) is 0.389. The molecule has 0 unspecified atom stereocenters. The van der Waals surface area contributed by atoms with Crippen LogP contribution in [0.4, 0.5) is 11.5 Å². The SMILES string of the molecule is CCN(CC)C(=O)c1cc(N2CCc3ccccc32)nc(C)n1. The lowest BCUT2D eigenvalue weighted by Gasteiger charge is -2.21. The maximum absolute atomic E-state index is 12.6. The van der Waals surface area contributed by atoms with E-state index >= 15 is 0 Å². The van der Waals surface area contributed by atoms with E-state index in [1.807, 2.05) is 32.9 Å². The number of nitrogens with zero attached hydrogens (tertiary/aromatic N) is 4. The van der Waals surface area contributed by atoms with Crippen LogP contribution in [0.25, 0.3) is 0 Å². The van der Waals surface area contributed by atoms with Crippen LogP contribution in [0.3, 0.4) is 0 Å². The predicted octanol–water partition coefficient (Wildman–Crippen LogP) is 2.96. The molecule has 1 aromatic heterocycles. The smallest absolute Gasteiger partial charge is 0.272 e. The number of para-hydroxylation sites is 1. The van der Waals surface area contributed by atoms with Crippen molar-refractivity contribution in [3.05, 3.63) is 47.4 Å². The molecule has 1 aliphatic rings. The maximum Gasteiger partial charge on any atom is 0.272 e. The first-order valence-electron chi connectivity index (χ1n) is 8.14. The van der Waals surface area contributed by atoms with Gasteiger partial charge in [-0.15, -0.1) is 0 Å². The number of carbonyl (C=O) groups is 1. The van der Waals surface area contributed by atoms with Crippen molar-refractivity contribution >= 4 is 17.4 Å². The van der Waals surface area contributed by atoms with Gasteiger partial charge in [-0.05, 0) is 38.8 Å². The van der Waals surface area contributed by atoms with Crippen LogP contribution in [0, 0.1) is 6.92 Å². The highest BCUT2D eigenvalue weighted by Crippen LogP contribution is 2.33. The molecule has 0 N–H and O–H groups in total. The van der Waals surface area contributed by atoms with Crippen LogP contribution >= 0.6 is 0 Å². The third-order valence-corrected chi connectivity index (χ3v) is 4.26. The van der Waals surface area contributed by atoms with Crippen molar-refractivity contribution in [1.82, 2.24) is 14.9 Å². The molecule has 1 aromatic carbocycles. The molecule has 0 radical (unpaired) electrons. The summed E-state index contributed by atoms with van der Waals surface area (Å²) >= 11 is 0. The van der Waals surface area contributed by atoms with Crippen LogP contribution in [-0.2, 0) is 6.42 Å². The van der Waals surface area contributed by atoms with Crippen molar-refractivity contribution in [2.45, 2.75) is 27.2 Å². The van der Waals surface area contributed by atoms with Gasteiger partial charge in [-0.25, -0.2) is 9.97 Å². The zero-order chi connectivity index (χ0) is 16.4. The molecule has 0 saturated heterocycles. The number of rotatable bonds is 4. The lowest BCUT2D eigenvalue weighted by Crippen LogP contribution is -2.31. The molecule has 5 heteroatoms. The Morgan fingerprint density at radius 1 is 1.22 bits per heavy atom. The van der Waals surface area contributed by atoms with Crippen LogP contribution in [-0.4, -0.2) is 40.4 Å². The zero-order valence-electron chi connectivity index (χ0n) is 13.9. The number of aryl methyl sites for hydroxylation is 1. The minimum Gasteiger partial charge on any atom is -0.338 e. The highest BCUT2D eigenvalue weighted by Gasteiger charge is 2.23. The van der Waals surface area contributed by atoms with Gasteiger partial charge < -0.3 is 9.80 Å². The van der Waals surface area contributed by atoms with E-state index in [0.29, 0.717) is 24.6 Å². The number of carbonyl (C=O) groups excluding carboxylic acids is 1. The second kappa shape index (κ2) is 6.36. The van der Waals surface area contributed by atoms with Crippen molar-refractivity contribution in [1.29, 1.82) is 0 Å². The Kier molecular flexibility index (Phi) is 4.28. The summed E-state index contributed by atoms with van der Waals surface area (Å²) in [5.74, 6) is 1.40. The molecule has 23 heavy (non-hydrogen) atoms. The number of fused-ring (bicyclic) bond motifs is 1. The van der Waals surface area contributed by atoms with Crippen LogP contribution in [0.15, 0.2) is 30.3 Å². The molecule has 1 aliphatic heterocycles. The first-order chi connectivity index (χ1) is 11.1. The van der Waals surface area contributed by atoms with Crippen LogP contribution in [0.1, 0.15) is 35.7 Å². The van der Waals surface area contributed by atoms with Crippen LogP contribution < -0.4 is 4.90 Å². The number of hydrogen-bond acceptors (Lipinski definition) is 4. The van der Waals surface area contributed by atoms with E-state index in [2.05, 4.69) is 33.1 Å². The van der Waals surface area contributed by atoms with E-state index in [9.17, 15) is 4.79 Å². The van der Waals surface area contributed by atoms with Gasteiger partial charge in [0.05, 0.1) is 0 Å². The standard InChI is InChI=1S/C18H22N4O/c1-4-21(5-2)18(23)15-12-17(20-13(3)19-15)22-11-10-14-8-6-7-9-16(14)22/h6-9,12H,4-5,10-11H2,1-3H3. The second-order valence-electron chi connectivity index (χ2n) is 5.67. The van der Waals surface area contributed by atoms with Gasteiger partial charge in [0.15, 0.2) is 0 Å². The van der Waals surface area contributed by atoms with Crippen molar-refractivity contribution in [2.24, 2.45) is 0 Å². The van der Waals surface area contributed by atoms with Gasteiger partial charge in [-0.1, -0.05) is 18.2 Å². The summed E-state index contributed by atoms with van der Waals surface area (Å²) in [6.45, 7) is 8.04. The molecule has 0 aliphatic carbocycles. The zero-order valence-corrected chi connectivity index (χ0v) is 13.9. The number of aromatic nitrogens is 2. The average Bonchev–Trinajstić information content (AvgIpc) is 2.99. The topological polar surface area (TPSA) is 49.3 Å². The van der Waals surface area contributed by atoms with Gasteiger partial charge in [0.25, 0.3) is 5.91 Å². The highest BCUT2D eigenvalue weighted by atomic mass is 16.2. The van der Waals surface area contributed by atoms with Gasteiger partial charge in [-0.3, -0.25) is 4.79 Å². The minimum absolute atomic E-state index is 0.0331. The summed E-state index contributed by atoms with van der Waals surface area (Å²) < 4.78 is 0. The molecular weight excluding hydrogens is 288 g/mol. The van der Waals surface area contributed by atoms with Crippen LogP contribution in [0.5, 0.6) is 0 Å². The number of benzene rings is 1. The maximum atomic E-state index is 12.6. The van der Waals surface area contributed by atoms with Crippen molar-refractivity contribution in [3.8, 4) is 0 Å². The van der Waals surface area contributed by atoms with E-state index in [1.165, 1.54) is 11.3 Å². The Morgan fingerprint density at radius 3 is 2.70 bits per heavy atom. The quantitative estimate of drug-likeness (QED) is 0.871. The molecule has 0 fully saturated rings. The number of anilines is 2. The first-order valence-corrected chi connectivity index (χ1v) is 8.14. The Bertz CT molecular complexity index is 725. The summed E-state index contributed by atoms with van der Waals surface area (Å²) in [5, 5.41) is 0. The summed E-state index contributed by atoms with van der Waals surface area (Å²) in [6.07, 6.45) is 0.999. The Labute approximate surface area is 137 Å². The lowest BCUT2D eigenvalue weighted by molar-refractivity contribution is 0.0766. The monoisotopic (exact) mass is 310 g/mol. The van der Waals surface area contributed by atoms with Gasteiger partial charge in [0, 0.05) is 31.4 Å². The molecule has 2 heterocycles. The van der Waals surface area contributed by atoms with Crippen molar-refractivity contribution in [3.63, 3.8) is 0 Å². The van der Waals surface area contributed by atoms with Gasteiger partial charge in [0.1, 0.15) is 17.3 Å².